The lowest BCUT2D eigenvalue weighted by molar-refractivity contribution is 0.0697. The minimum absolute atomic E-state index is 0.00754. The molecule has 1 heterocycles. The molecule has 2 rings (SSSR count). The Morgan fingerprint density at radius 1 is 1.50 bits per heavy atom. The molecule has 0 amide bonds. The van der Waals surface area contributed by atoms with Gasteiger partial charge in [0.05, 0.1) is 27.6 Å². The summed E-state index contributed by atoms with van der Waals surface area (Å²) < 4.78 is 32.3. The molecule has 1 fully saturated rings. The largest absolute Gasteiger partial charge is 0.478 e. The molecule has 6 nitrogen and oxygen atoms in total. The van der Waals surface area contributed by atoms with Gasteiger partial charge in [0.25, 0.3) is 0 Å². The number of halogens is 1. The Hall–Kier alpha value is -1.15. The minimum atomic E-state index is -3.83. The van der Waals surface area contributed by atoms with E-state index in [-0.39, 0.29) is 22.1 Å². The number of sulfonamides is 1. The average molecular weight is 320 g/mol. The smallest absolute Gasteiger partial charge is 0.337 e. The van der Waals surface area contributed by atoms with E-state index in [0.29, 0.717) is 13.0 Å². The summed E-state index contributed by atoms with van der Waals surface area (Å²) in [7, 11) is -3.83. The molecule has 0 saturated carbocycles. The van der Waals surface area contributed by atoms with Gasteiger partial charge < -0.3 is 9.84 Å². The normalized spacial score (nSPS) is 22.9. The number of hydrogen-bond donors (Lipinski definition) is 2. The number of hydrogen-bond acceptors (Lipinski definition) is 4. The van der Waals surface area contributed by atoms with E-state index < -0.39 is 21.5 Å². The van der Waals surface area contributed by atoms with E-state index in [1.165, 1.54) is 12.1 Å². The average Bonchev–Trinajstić information content (AvgIpc) is 2.74. The molecule has 1 atom stereocenters. The van der Waals surface area contributed by atoms with Gasteiger partial charge in [-0.05, 0) is 31.5 Å². The van der Waals surface area contributed by atoms with E-state index in [4.69, 9.17) is 21.4 Å². The van der Waals surface area contributed by atoms with Crippen molar-refractivity contribution in [1.82, 2.24) is 4.72 Å². The van der Waals surface area contributed by atoms with E-state index in [0.717, 1.165) is 6.07 Å². The fourth-order valence-electron chi connectivity index (χ4n) is 1.97. The van der Waals surface area contributed by atoms with Gasteiger partial charge in [-0.25, -0.2) is 17.9 Å². The van der Waals surface area contributed by atoms with Crippen LogP contribution < -0.4 is 4.72 Å². The number of nitrogens with one attached hydrogen (secondary N) is 1. The van der Waals surface area contributed by atoms with Gasteiger partial charge in [-0.15, -0.1) is 0 Å². The summed E-state index contributed by atoms with van der Waals surface area (Å²) in [5.74, 6) is -1.28. The molecule has 110 valence electrons. The number of aromatic carboxylic acids is 1. The predicted octanol–water partition coefficient (Wildman–Crippen LogP) is 1.50. The van der Waals surface area contributed by atoms with Gasteiger partial charge in [-0.1, -0.05) is 11.6 Å². The van der Waals surface area contributed by atoms with Crippen LogP contribution in [0, 0.1) is 0 Å². The van der Waals surface area contributed by atoms with Crippen LogP contribution in [0.3, 0.4) is 0 Å². The quantitative estimate of drug-likeness (QED) is 0.877. The van der Waals surface area contributed by atoms with Crippen molar-refractivity contribution in [2.45, 2.75) is 23.8 Å². The van der Waals surface area contributed by atoms with Crippen molar-refractivity contribution in [1.29, 1.82) is 0 Å². The molecule has 8 heteroatoms. The number of carboxylic acids is 1. The Morgan fingerprint density at radius 3 is 2.75 bits per heavy atom. The highest BCUT2D eigenvalue weighted by molar-refractivity contribution is 7.89. The van der Waals surface area contributed by atoms with Crippen molar-refractivity contribution in [3.8, 4) is 0 Å². The molecule has 1 aromatic rings. The third kappa shape index (κ3) is 3.12. The number of rotatable bonds is 4. The maximum absolute atomic E-state index is 12.3. The Balaban J connectivity index is 2.34. The Bertz CT molecular complexity index is 637. The fraction of sp³-hybridized carbons (Fsp3) is 0.417. The number of ether oxygens (including phenoxy) is 1. The predicted molar refractivity (Wildman–Crippen MR) is 72.6 cm³/mol. The van der Waals surface area contributed by atoms with Gasteiger partial charge >= 0.3 is 5.97 Å². The first-order valence-corrected chi connectivity index (χ1v) is 7.74. The maximum Gasteiger partial charge on any atom is 0.337 e. The molecule has 1 unspecified atom stereocenters. The summed E-state index contributed by atoms with van der Waals surface area (Å²) in [5, 5.41) is 8.96. The maximum atomic E-state index is 12.3. The van der Waals surface area contributed by atoms with Crippen molar-refractivity contribution in [2.75, 3.05) is 13.2 Å². The van der Waals surface area contributed by atoms with Crippen LogP contribution in [0.1, 0.15) is 23.7 Å². The highest BCUT2D eigenvalue weighted by Crippen LogP contribution is 2.24. The van der Waals surface area contributed by atoms with Crippen LogP contribution in [0.4, 0.5) is 0 Å². The second kappa shape index (κ2) is 5.33. The lowest BCUT2D eigenvalue weighted by Gasteiger charge is -2.23. The molecule has 20 heavy (non-hydrogen) atoms. The molecule has 0 aliphatic carbocycles. The molecule has 0 radical (unpaired) electrons. The third-order valence-electron chi connectivity index (χ3n) is 3.08. The van der Waals surface area contributed by atoms with Crippen molar-refractivity contribution in [3.63, 3.8) is 0 Å². The lowest BCUT2D eigenvalue weighted by Crippen LogP contribution is -2.46. The van der Waals surface area contributed by atoms with Gasteiger partial charge in [0.2, 0.25) is 10.0 Å². The summed E-state index contributed by atoms with van der Waals surface area (Å²) in [4.78, 5) is 10.9. The molecule has 0 bridgehead atoms. The van der Waals surface area contributed by atoms with E-state index in [1.807, 2.05) is 0 Å². The van der Waals surface area contributed by atoms with E-state index in [1.54, 1.807) is 6.92 Å². The van der Waals surface area contributed by atoms with Crippen LogP contribution in [-0.4, -0.2) is 38.2 Å². The zero-order chi connectivity index (χ0) is 15.0. The summed E-state index contributed by atoms with van der Waals surface area (Å²) >= 11 is 5.72. The van der Waals surface area contributed by atoms with Gasteiger partial charge in [0.15, 0.2) is 0 Å². The first kappa shape index (κ1) is 15.2. The van der Waals surface area contributed by atoms with Crippen LogP contribution in [0.25, 0.3) is 0 Å². The van der Waals surface area contributed by atoms with Crippen LogP contribution in [0.5, 0.6) is 0 Å². The van der Waals surface area contributed by atoms with E-state index >= 15 is 0 Å². The molecule has 2 N–H and O–H groups in total. The lowest BCUT2D eigenvalue weighted by atomic mass is 10.0. The van der Waals surface area contributed by atoms with Crippen LogP contribution in [0.2, 0.25) is 5.02 Å². The van der Waals surface area contributed by atoms with Gasteiger partial charge in [0, 0.05) is 6.61 Å². The van der Waals surface area contributed by atoms with Gasteiger partial charge in [-0.2, -0.15) is 0 Å². The summed E-state index contributed by atoms with van der Waals surface area (Å²) in [6, 6.07) is 3.58. The first-order valence-electron chi connectivity index (χ1n) is 5.88. The van der Waals surface area contributed by atoms with Crippen molar-refractivity contribution in [3.05, 3.63) is 28.8 Å². The second-order valence-electron chi connectivity index (χ2n) is 4.92. The Morgan fingerprint density at radius 2 is 2.20 bits per heavy atom. The number of benzene rings is 1. The Kier molecular flexibility index (Phi) is 4.06. The standard InChI is InChI=1S/C12H14ClNO5S/c1-12(4-5-19-7-12)14-20(17,18)8-2-3-10(13)9(6-8)11(15)16/h2-3,6,14H,4-5,7H2,1H3,(H,15,16). The molecule has 1 aliphatic heterocycles. The topological polar surface area (TPSA) is 92.7 Å². The zero-order valence-electron chi connectivity index (χ0n) is 10.7. The number of carboxylic acid groups (broad SMARTS) is 1. The molecule has 1 saturated heterocycles. The molecule has 1 aromatic carbocycles. The summed E-state index contributed by atoms with van der Waals surface area (Å²) in [6.45, 7) is 2.51. The van der Waals surface area contributed by atoms with E-state index in [9.17, 15) is 13.2 Å². The molecular formula is C12H14ClNO5S. The van der Waals surface area contributed by atoms with E-state index in [2.05, 4.69) is 4.72 Å². The summed E-state index contributed by atoms with van der Waals surface area (Å²) in [6.07, 6.45) is 0.561. The first-order chi connectivity index (χ1) is 9.23. The highest BCUT2D eigenvalue weighted by atomic mass is 35.5. The van der Waals surface area contributed by atoms with Crippen LogP contribution >= 0.6 is 11.6 Å². The molecular weight excluding hydrogens is 306 g/mol. The van der Waals surface area contributed by atoms with Crippen molar-refractivity contribution >= 4 is 27.6 Å². The highest BCUT2D eigenvalue weighted by Gasteiger charge is 2.34. The summed E-state index contributed by atoms with van der Waals surface area (Å²) in [5.41, 5.74) is -0.927. The van der Waals surface area contributed by atoms with Crippen LogP contribution in [0.15, 0.2) is 23.1 Å². The fourth-order valence-corrected chi connectivity index (χ4v) is 3.61. The zero-order valence-corrected chi connectivity index (χ0v) is 12.3. The monoisotopic (exact) mass is 319 g/mol. The second-order valence-corrected chi connectivity index (χ2v) is 7.01. The molecule has 1 aliphatic rings. The third-order valence-corrected chi connectivity index (χ3v) is 5.04. The van der Waals surface area contributed by atoms with Crippen LogP contribution in [-0.2, 0) is 14.8 Å². The number of carbonyl (C=O) groups is 1. The van der Waals surface area contributed by atoms with Gasteiger partial charge in [-0.3, -0.25) is 0 Å². The van der Waals surface area contributed by atoms with Crippen molar-refractivity contribution < 1.29 is 23.1 Å². The van der Waals surface area contributed by atoms with Gasteiger partial charge in [0.1, 0.15) is 0 Å². The minimum Gasteiger partial charge on any atom is -0.478 e. The SMILES string of the molecule is CC1(NS(=O)(=O)c2ccc(Cl)c(C(=O)O)c2)CCOC1. The van der Waals surface area contributed by atoms with Crippen molar-refractivity contribution in [2.24, 2.45) is 0 Å². The molecule has 0 aromatic heterocycles. The molecule has 0 spiro atoms. The Labute approximate surface area is 121 Å².